The van der Waals surface area contributed by atoms with Gasteiger partial charge in [-0.15, -0.1) is 0 Å². The number of carbonyl (C=O) groups excluding carboxylic acids is 1. The molecule has 1 amide bonds. The molecule has 1 N–H and O–H groups in total. The quantitative estimate of drug-likeness (QED) is 0.719. The Morgan fingerprint density at radius 1 is 1.12 bits per heavy atom. The maximum atomic E-state index is 12.4. The Labute approximate surface area is 154 Å². The van der Waals surface area contributed by atoms with Crippen LogP contribution in [0.2, 0.25) is 0 Å². The van der Waals surface area contributed by atoms with Crippen molar-refractivity contribution >= 4 is 15.9 Å². The Kier molecular flexibility index (Phi) is 6.90. The summed E-state index contributed by atoms with van der Waals surface area (Å²) in [5, 5.41) is 2.92. The fourth-order valence-corrected chi connectivity index (χ4v) is 3.54. The first-order valence-corrected chi connectivity index (χ1v) is 9.80. The van der Waals surface area contributed by atoms with E-state index in [9.17, 15) is 13.2 Å². The van der Waals surface area contributed by atoms with E-state index in [1.807, 2.05) is 30.3 Å². The topological polar surface area (TPSA) is 75.7 Å². The summed E-state index contributed by atoms with van der Waals surface area (Å²) in [7, 11) is -1.13. The van der Waals surface area contributed by atoms with Crippen molar-refractivity contribution in [2.45, 2.75) is 24.2 Å². The molecule has 7 heteroatoms. The summed E-state index contributed by atoms with van der Waals surface area (Å²) in [5.41, 5.74) is 1.59. The third kappa shape index (κ3) is 4.69. The molecule has 0 radical (unpaired) electrons. The molecule has 0 aliphatic carbocycles. The van der Waals surface area contributed by atoms with E-state index in [0.717, 1.165) is 10.9 Å². The first-order valence-electron chi connectivity index (χ1n) is 8.36. The molecule has 0 aromatic heterocycles. The Bertz CT molecular complexity index is 820. The Hall–Kier alpha value is -2.22. The second-order valence-corrected chi connectivity index (χ2v) is 7.78. The number of hydrogen-bond donors (Lipinski definition) is 1. The number of hydrogen-bond acceptors (Lipinski definition) is 4. The Balaban J connectivity index is 2.04. The van der Waals surface area contributed by atoms with Crippen LogP contribution >= 0.6 is 0 Å². The van der Waals surface area contributed by atoms with Crippen LogP contribution in [0.1, 0.15) is 35.2 Å². The standard InChI is InChI=1S/C19H24N2O4S/c1-4-15(16-8-6-5-7-9-16)14-20-19(22)17-10-12-18(13-11-17)26(23,24)21(2)25-3/h5-13,15H,4,14H2,1-3H3,(H,20,22). The normalized spacial score (nSPS) is 12.8. The number of hydroxylamine groups is 1. The Morgan fingerprint density at radius 2 is 1.73 bits per heavy atom. The van der Waals surface area contributed by atoms with E-state index in [-0.39, 0.29) is 16.7 Å². The molecule has 0 saturated heterocycles. The predicted octanol–water partition coefficient (Wildman–Crippen LogP) is 2.79. The zero-order valence-corrected chi connectivity index (χ0v) is 16.0. The highest BCUT2D eigenvalue weighted by atomic mass is 32.2. The van der Waals surface area contributed by atoms with Gasteiger partial charge in [-0.25, -0.2) is 8.42 Å². The monoisotopic (exact) mass is 376 g/mol. The number of carbonyl (C=O) groups is 1. The van der Waals surface area contributed by atoms with Gasteiger partial charge in [0.15, 0.2) is 0 Å². The van der Waals surface area contributed by atoms with Gasteiger partial charge in [0.05, 0.1) is 12.0 Å². The van der Waals surface area contributed by atoms with E-state index in [2.05, 4.69) is 12.2 Å². The van der Waals surface area contributed by atoms with Gasteiger partial charge in [0.25, 0.3) is 15.9 Å². The molecule has 2 rings (SSSR count). The summed E-state index contributed by atoms with van der Waals surface area (Å²) in [6, 6.07) is 15.8. The lowest BCUT2D eigenvalue weighted by atomic mass is 9.96. The lowest BCUT2D eigenvalue weighted by Gasteiger charge is -2.16. The fraction of sp³-hybridized carbons (Fsp3) is 0.316. The third-order valence-electron chi connectivity index (χ3n) is 4.28. The van der Waals surface area contributed by atoms with Crippen molar-refractivity contribution in [3.63, 3.8) is 0 Å². The summed E-state index contributed by atoms with van der Waals surface area (Å²) in [4.78, 5) is 17.1. The molecule has 1 atom stereocenters. The van der Waals surface area contributed by atoms with Crippen molar-refractivity contribution < 1.29 is 18.0 Å². The van der Waals surface area contributed by atoms with Crippen molar-refractivity contribution in [1.82, 2.24) is 9.79 Å². The average Bonchev–Trinajstić information content (AvgIpc) is 2.68. The fourth-order valence-electron chi connectivity index (χ4n) is 2.57. The second kappa shape index (κ2) is 8.93. The van der Waals surface area contributed by atoms with Crippen LogP contribution < -0.4 is 5.32 Å². The number of nitrogens with zero attached hydrogens (tertiary/aromatic N) is 1. The summed E-state index contributed by atoms with van der Waals surface area (Å²) in [6.07, 6.45) is 0.908. The van der Waals surface area contributed by atoms with Gasteiger partial charge in [0.1, 0.15) is 0 Å². The number of nitrogens with one attached hydrogen (secondary N) is 1. The van der Waals surface area contributed by atoms with Gasteiger partial charge in [0, 0.05) is 25.1 Å². The zero-order valence-electron chi connectivity index (χ0n) is 15.2. The molecule has 0 heterocycles. The van der Waals surface area contributed by atoms with Crippen LogP contribution in [0.25, 0.3) is 0 Å². The molecule has 1 unspecified atom stereocenters. The highest BCUT2D eigenvalue weighted by molar-refractivity contribution is 7.89. The van der Waals surface area contributed by atoms with Crippen molar-refractivity contribution in [3.05, 3.63) is 65.7 Å². The second-order valence-electron chi connectivity index (χ2n) is 5.85. The number of benzene rings is 2. The minimum Gasteiger partial charge on any atom is -0.351 e. The highest BCUT2D eigenvalue weighted by Gasteiger charge is 2.21. The van der Waals surface area contributed by atoms with E-state index < -0.39 is 10.0 Å². The molecule has 0 fully saturated rings. The molecule has 0 spiro atoms. The molecular weight excluding hydrogens is 352 g/mol. The number of amides is 1. The van der Waals surface area contributed by atoms with E-state index in [0.29, 0.717) is 12.1 Å². The summed E-state index contributed by atoms with van der Waals surface area (Å²) >= 11 is 0. The summed E-state index contributed by atoms with van der Waals surface area (Å²) in [5.74, 6) is -0.00132. The average molecular weight is 376 g/mol. The van der Waals surface area contributed by atoms with E-state index >= 15 is 0 Å². The maximum Gasteiger partial charge on any atom is 0.264 e. The van der Waals surface area contributed by atoms with Crippen LogP contribution in [0.4, 0.5) is 0 Å². The van der Waals surface area contributed by atoms with Gasteiger partial charge in [-0.2, -0.15) is 0 Å². The summed E-state index contributed by atoms with van der Waals surface area (Å²) in [6.45, 7) is 2.60. The number of sulfonamides is 1. The lowest BCUT2D eigenvalue weighted by Crippen LogP contribution is -2.28. The first kappa shape index (κ1) is 20.1. The van der Waals surface area contributed by atoms with Crippen molar-refractivity contribution in [1.29, 1.82) is 0 Å². The van der Waals surface area contributed by atoms with Gasteiger partial charge in [-0.05, 0) is 36.2 Å². The van der Waals surface area contributed by atoms with E-state index in [1.165, 1.54) is 44.0 Å². The van der Waals surface area contributed by atoms with Crippen molar-refractivity contribution in [2.75, 3.05) is 20.7 Å². The van der Waals surface area contributed by atoms with Gasteiger partial charge < -0.3 is 5.32 Å². The van der Waals surface area contributed by atoms with Gasteiger partial charge in [-0.1, -0.05) is 41.7 Å². The minimum atomic E-state index is -3.72. The van der Waals surface area contributed by atoms with Crippen LogP contribution in [0.5, 0.6) is 0 Å². The Morgan fingerprint density at radius 3 is 2.27 bits per heavy atom. The predicted molar refractivity (Wildman–Crippen MR) is 100 cm³/mol. The van der Waals surface area contributed by atoms with E-state index in [4.69, 9.17) is 4.84 Å². The first-order chi connectivity index (χ1) is 12.4. The van der Waals surface area contributed by atoms with Crippen molar-refractivity contribution in [3.8, 4) is 0 Å². The smallest absolute Gasteiger partial charge is 0.264 e. The SMILES string of the molecule is CCC(CNC(=O)c1ccc(S(=O)(=O)N(C)OC)cc1)c1ccccc1. The molecule has 2 aromatic rings. The summed E-state index contributed by atoms with van der Waals surface area (Å²) < 4.78 is 25.1. The lowest BCUT2D eigenvalue weighted by molar-refractivity contribution is -0.0258. The molecule has 0 saturated carbocycles. The molecule has 0 aliphatic rings. The van der Waals surface area contributed by atoms with Gasteiger partial charge in [0.2, 0.25) is 0 Å². The largest absolute Gasteiger partial charge is 0.351 e. The molecule has 140 valence electrons. The third-order valence-corrected chi connectivity index (χ3v) is 5.98. The molecule has 0 bridgehead atoms. The molecule has 2 aromatic carbocycles. The van der Waals surface area contributed by atoms with Crippen LogP contribution in [0.15, 0.2) is 59.5 Å². The molecular formula is C19H24N2O4S. The van der Waals surface area contributed by atoms with Crippen LogP contribution in [-0.4, -0.2) is 39.5 Å². The minimum absolute atomic E-state index is 0.0640. The number of rotatable bonds is 8. The van der Waals surface area contributed by atoms with Crippen LogP contribution in [0.3, 0.4) is 0 Å². The van der Waals surface area contributed by atoms with Gasteiger partial charge >= 0.3 is 0 Å². The van der Waals surface area contributed by atoms with Crippen LogP contribution in [0, 0.1) is 0 Å². The van der Waals surface area contributed by atoms with Gasteiger partial charge in [-0.3, -0.25) is 9.63 Å². The molecule has 6 nitrogen and oxygen atoms in total. The van der Waals surface area contributed by atoms with E-state index in [1.54, 1.807) is 0 Å². The molecule has 26 heavy (non-hydrogen) atoms. The van der Waals surface area contributed by atoms with Crippen LogP contribution in [-0.2, 0) is 14.9 Å². The van der Waals surface area contributed by atoms with Crippen molar-refractivity contribution in [2.24, 2.45) is 0 Å². The zero-order chi connectivity index (χ0) is 19.2. The maximum absolute atomic E-state index is 12.4. The molecule has 0 aliphatic heterocycles. The highest BCUT2D eigenvalue weighted by Crippen LogP contribution is 2.19.